The molecule has 0 radical (unpaired) electrons. The highest BCUT2D eigenvalue weighted by Gasteiger charge is 1.97. The normalized spacial score (nSPS) is 9.50. The van der Waals surface area contributed by atoms with Crippen LogP contribution in [0.4, 0.5) is 0 Å². The van der Waals surface area contributed by atoms with Gasteiger partial charge in [-0.05, 0) is 18.2 Å². The Balaban J connectivity index is 1.77. The van der Waals surface area contributed by atoms with Gasteiger partial charge in [0.15, 0.2) is 0 Å². The highest BCUT2D eigenvalue weighted by atomic mass is 16.5. The average molecular weight is 240 g/mol. The maximum Gasteiger partial charge on any atom is 0.144 e. The maximum absolute atomic E-state index is 8.69. The molecule has 0 N–H and O–H groups in total. The zero-order chi connectivity index (χ0) is 12.6. The van der Waals surface area contributed by atoms with E-state index < -0.39 is 0 Å². The summed E-state index contributed by atoms with van der Waals surface area (Å²) in [6.07, 6.45) is 1.55. The molecule has 0 spiro atoms. The first-order valence-electron chi connectivity index (χ1n) is 5.55. The van der Waals surface area contributed by atoms with Crippen molar-refractivity contribution in [2.45, 2.75) is 0 Å². The second-order valence-corrected chi connectivity index (χ2v) is 3.50. The Bertz CT molecular complexity index is 535. The van der Waals surface area contributed by atoms with Gasteiger partial charge in [-0.1, -0.05) is 18.2 Å². The first kappa shape index (κ1) is 11.9. The third-order valence-corrected chi connectivity index (χ3v) is 2.21. The van der Waals surface area contributed by atoms with E-state index in [1.807, 2.05) is 36.4 Å². The van der Waals surface area contributed by atoms with E-state index in [1.165, 1.54) is 0 Å². The van der Waals surface area contributed by atoms with Crippen LogP contribution in [0.2, 0.25) is 0 Å². The number of pyridine rings is 1. The summed E-state index contributed by atoms with van der Waals surface area (Å²) in [5, 5.41) is 8.69. The van der Waals surface area contributed by atoms with Gasteiger partial charge in [0.2, 0.25) is 0 Å². The molecule has 0 saturated heterocycles. The van der Waals surface area contributed by atoms with Crippen molar-refractivity contribution in [1.29, 1.82) is 5.26 Å². The van der Waals surface area contributed by atoms with Crippen LogP contribution < -0.4 is 9.47 Å². The summed E-state index contributed by atoms with van der Waals surface area (Å²) in [6.45, 7) is 0.873. The summed E-state index contributed by atoms with van der Waals surface area (Å²) in [5.74, 6) is 1.44. The Morgan fingerprint density at radius 3 is 2.44 bits per heavy atom. The SMILES string of the molecule is N#Cc1cc(OCCOc2ccccc2)ccn1. The van der Waals surface area contributed by atoms with Crippen molar-refractivity contribution in [1.82, 2.24) is 4.98 Å². The smallest absolute Gasteiger partial charge is 0.144 e. The lowest BCUT2D eigenvalue weighted by Crippen LogP contribution is -2.09. The van der Waals surface area contributed by atoms with Crippen molar-refractivity contribution in [2.24, 2.45) is 0 Å². The van der Waals surface area contributed by atoms with E-state index in [0.29, 0.717) is 24.7 Å². The molecule has 1 aromatic heterocycles. The zero-order valence-corrected chi connectivity index (χ0v) is 9.74. The largest absolute Gasteiger partial charge is 0.490 e. The van der Waals surface area contributed by atoms with E-state index in [1.54, 1.807) is 18.3 Å². The van der Waals surface area contributed by atoms with Crippen molar-refractivity contribution in [3.63, 3.8) is 0 Å². The van der Waals surface area contributed by atoms with E-state index in [0.717, 1.165) is 5.75 Å². The Hall–Kier alpha value is -2.54. The fourth-order valence-corrected chi connectivity index (χ4v) is 1.40. The van der Waals surface area contributed by atoms with Gasteiger partial charge in [-0.3, -0.25) is 0 Å². The molecule has 0 bridgehead atoms. The first-order valence-corrected chi connectivity index (χ1v) is 5.55. The third-order valence-electron chi connectivity index (χ3n) is 2.21. The van der Waals surface area contributed by atoms with Crippen molar-refractivity contribution in [3.8, 4) is 17.6 Å². The molecule has 0 atom stereocenters. The van der Waals surface area contributed by atoms with Crippen LogP contribution in [0.25, 0.3) is 0 Å². The lowest BCUT2D eigenvalue weighted by atomic mass is 10.3. The van der Waals surface area contributed by atoms with Gasteiger partial charge in [0, 0.05) is 12.3 Å². The van der Waals surface area contributed by atoms with Crippen LogP contribution in [0.5, 0.6) is 11.5 Å². The summed E-state index contributed by atoms with van der Waals surface area (Å²) in [4.78, 5) is 3.86. The van der Waals surface area contributed by atoms with Crippen molar-refractivity contribution >= 4 is 0 Å². The Morgan fingerprint density at radius 1 is 1.00 bits per heavy atom. The van der Waals surface area contributed by atoms with E-state index in [9.17, 15) is 0 Å². The number of ether oxygens (including phenoxy) is 2. The predicted octanol–water partition coefficient (Wildman–Crippen LogP) is 2.41. The van der Waals surface area contributed by atoms with Crippen LogP contribution in [-0.4, -0.2) is 18.2 Å². The van der Waals surface area contributed by atoms with Crippen LogP contribution in [0.15, 0.2) is 48.7 Å². The molecule has 90 valence electrons. The number of rotatable bonds is 5. The lowest BCUT2D eigenvalue weighted by Gasteiger charge is -2.08. The quantitative estimate of drug-likeness (QED) is 0.753. The Morgan fingerprint density at radius 2 is 1.72 bits per heavy atom. The number of nitriles is 1. The van der Waals surface area contributed by atoms with Gasteiger partial charge in [0.25, 0.3) is 0 Å². The number of aromatic nitrogens is 1. The summed E-state index contributed by atoms with van der Waals surface area (Å²) in [6, 6.07) is 14.8. The van der Waals surface area contributed by atoms with Crippen LogP contribution >= 0.6 is 0 Å². The van der Waals surface area contributed by atoms with Crippen LogP contribution in [0.3, 0.4) is 0 Å². The summed E-state index contributed by atoms with van der Waals surface area (Å²) in [5.41, 5.74) is 0.344. The van der Waals surface area contributed by atoms with E-state index in [-0.39, 0.29) is 0 Å². The molecule has 0 aliphatic heterocycles. The molecule has 0 amide bonds. The third kappa shape index (κ3) is 3.49. The van der Waals surface area contributed by atoms with Crippen molar-refractivity contribution in [2.75, 3.05) is 13.2 Å². The summed E-state index contributed by atoms with van der Waals surface area (Å²) in [7, 11) is 0. The summed E-state index contributed by atoms with van der Waals surface area (Å²) < 4.78 is 10.9. The molecule has 0 aliphatic carbocycles. The predicted molar refractivity (Wildman–Crippen MR) is 66.4 cm³/mol. The molecule has 1 heterocycles. The first-order chi connectivity index (χ1) is 8.88. The Labute approximate surface area is 105 Å². The molecule has 0 aliphatic rings. The fraction of sp³-hybridized carbons (Fsp3) is 0.143. The number of benzene rings is 1. The summed E-state index contributed by atoms with van der Waals surface area (Å²) >= 11 is 0. The molecule has 0 saturated carbocycles. The molecule has 4 heteroatoms. The maximum atomic E-state index is 8.69. The van der Waals surface area contributed by atoms with Gasteiger partial charge < -0.3 is 9.47 Å². The monoisotopic (exact) mass is 240 g/mol. The molecule has 0 fully saturated rings. The minimum Gasteiger partial charge on any atom is -0.490 e. The van der Waals surface area contributed by atoms with Gasteiger partial charge in [0.05, 0.1) is 0 Å². The topological polar surface area (TPSA) is 55.1 Å². The van der Waals surface area contributed by atoms with Gasteiger partial charge in [-0.2, -0.15) is 5.26 Å². The number of para-hydroxylation sites is 1. The molecule has 0 unspecified atom stereocenters. The Kier molecular flexibility index (Phi) is 4.15. The lowest BCUT2D eigenvalue weighted by molar-refractivity contribution is 0.217. The minimum atomic E-state index is 0.344. The van der Waals surface area contributed by atoms with Gasteiger partial charge >= 0.3 is 0 Å². The number of nitrogens with zero attached hydrogens (tertiary/aromatic N) is 2. The average Bonchev–Trinajstić information content (AvgIpc) is 2.45. The van der Waals surface area contributed by atoms with Crippen LogP contribution in [0.1, 0.15) is 5.69 Å². The second-order valence-electron chi connectivity index (χ2n) is 3.50. The number of hydrogen-bond donors (Lipinski definition) is 0. The van der Waals surface area contributed by atoms with Gasteiger partial charge in [-0.15, -0.1) is 0 Å². The van der Waals surface area contributed by atoms with E-state index in [2.05, 4.69) is 4.98 Å². The second kappa shape index (κ2) is 6.26. The van der Waals surface area contributed by atoms with E-state index >= 15 is 0 Å². The zero-order valence-electron chi connectivity index (χ0n) is 9.74. The van der Waals surface area contributed by atoms with E-state index in [4.69, 9.17) is 14.7 Å². The minimum absolute atomic E-state index is 0.344. The highest BCUT2D eigenvalue weighted by Crippen LogP contribution is 2.11. The van der Waals surface area contributed by atoms with Gasteiger partial charge in [0.1, 0.15) is 36.5 Å². The van der Waals surface area contributed by atoms with Crippen LogP contribution in [-0.2, 0) is 0 Å². The molecule has 1 aromatic carbocycles. The highest BCUT2D eigenvalue weighted by molar-refractivity contribution is 5.29. The number of hydrogen-bond acceptors (Lipinski definition) is 4. The fourth-order valence-electron chi connectivity index (χ4n) is 1.40. The van der Waals surface area contributed by atoms with Gasteiger partial charge in [-0.25, -0.2) is 4.98 Å². The molecule has 2 rings (SSSR count). The molecule has 18 heavy (non-hydrogen) atoms. The molecule has 2 aromatic rings. The van der Waals surface area contributed by atoms with Crippen molar-refractivity contribution in [3.05, 3.63) is 54.4 Å². The van der Waals surface area contributed by atoms with Crippen LogP contribution in [0, 0.1) is 11.3 Å². The molecular formula is C14H12N2O2. The molecule has 4 nitrogen and oxygen atoms in total. The van der Waals surface area contributed by atoms with Crippen molar-refractivity contribution < 1.29 is 9.47 Å². The standard InChI is InChI=1S/C14H12N2O2/c15-11-12-10-14(6-7-16-12)18-9-8-17-13-4-2-1-3-5-13/h1-7,10H,8-9H2. The molecular weight excluding hydrogens is 228 g/mol.